The highest BCUT2D eigenvalue weighted by molar-refractivity contribution is 7.67. The van der Waals surface area contributed by atoms with E-state index in [0.29, 0.717) is 17.1 Å². The molecule has 0 aliphatic carbocycles. The Morgan fingerprint density at radius 1 is 1.47 bits per heavy atom. The Balaban J connectivity index is 2.71. The van der Waals surface area contributed by atoms with Gasteiger partial charge in [0.2, 0.25) is 0 Å². The summed E-state index contributed by atoms with van der Waals surface area (Å²) in [7, 11) is 0. The smallest absolute Gasteiger partial charge is 0.0943 e. The van der Waals surface area contributed by atoms with Gasteiger partial charge in [0.15, 0.2) is 0 Å². The van der Waals surface area contributed by atoms with E-state index in [0.717, 1.165) is 35.5 Å². The highest BCUT2D eigenvalue weighted by Crippen LogP contribution is 2.06. The summed E-state index contributed by atoms with van der Waals surface area (Å²) < 4.78 is 10.9. The van der Waals surface area contributed by atoms with Crippen molar-refractivity contribution in [1.82, 2.24) is 4.98 Å². The molecule has 0 aliphatic rings. The second-order valence-corrected chi connectivity index (χ2v) is 4.35. The summed E-state index contributed by atoms with van der Waals surface area (Å²) in [6.07, 6.45) is 2.67. The third kappa shape index (κ3) is 4.14. The first-order chi connectivity index (χ1) is 7.27. The van der Waals surface area contributed by atoms with Crippen LogP contribution in [0.1, 0.15) is 30.7 Å². The number of aryl methyl sites for hydroxylation is 1. The SMILES string of the molecule is Cc1cccc(C(CCCCCl)=S=O)n1. The lowest BCUT2D eigenvalue weighted by Crippen LogP contribution is -2.04. The van der Waals surface area contributed by atoms with Crippen LogP contribution >= 0.6 is 11.6 Å². The molecule has 0 atom stereocenters. The number of unbranched alkanes of at least 4 members (excludes halogenated alkanes) is 1. The molecule has 0 aromatic carbocycles. The predicted molar refractivity (Wildman–Crippen MR) is 65.8 cm³/mol. The molecular weight excluding hydrogens is 230 g/mol. The number of hydrogen-bond acceptors (Lipinski definition) is 2. The standard InChI is InChI=1S/C11H14ClNOS/c1-9-5-4-6-10(13-9)11(15-14)7-2-3-8-12/h4-6H,2-3,7-8H2,1H3. The van der Waals surface area contributed by atoms with Crippen molar-refractivity contribution in [2.24, 2.45) is 0 Å². The van der Waals surface area contributed by atoms with Crippen LogP contribution in [-0.4, -0.2) is 19.9 Å². The van der Waals surface area contributed by atoms with Gasteiger partial charge in [0.05, 0.1) is 21.8 Å². The van der Waals surface area contributed by atoms with Gasteiger partial charge in [-0.25, -0.2) is 4.21 Å². The van der Waals surface area contributed by atoms with Crippen LogP contribution in [0.4, 0.5) is 0 Å². The molecule has 0 spiro atoms. The first-order valence-corrected chi connectivity index (χ1v) is 6.21. The van der Waals surface area contributed by atoms with Crippen molar-refractivity contribution in [3.05, 3.63) is 29.6 Å². The average molecular weight is 244 g/mol. The molecule has 0 unspecified atom stereocenters. The number of pyridine rings is 1. The first kappa shape index (κ1) is 12.4. The van der Waals surface area contributed by atoms with Crippen LogP contribution in [0.15, 0.2) is 18.2 Å². The van der Waals surface area contributed by atoms with E-state index in [1.54, 1.807) is 0 Å². The van der Waals surface area contributed by atoms with Crippen LogP contribution in [0.25, 0.3) is 0 Å². The molecule has 2 nitrogen and oxygen atoms in total. The quantitative estimate of drug-likeness (QED) is 0.344. The number of aromatic nitrogens is 1. The summed E-state index contributed by atoms with van der Waals surface area (Å²) in [6.45, 7) is 1.93. The van der Waals surface area contributed by atoms with Gasteiger partial charge in [-0.15, -0.1) is 11.6 Å². The summed E-state index contributed by atoms with van der Waals surface area (Å²) in [5, 5.41) is 0. The number of alkyl halides is 1. The Morgan fingerprint density at radius 2 is 2.27 bits per heavy atom. The Morgan fingerprint density at radius 3 is 2.87 bits per heavy atom. The van der Waals surface area contributed by atoms with E-state index in [9.17, 15) is 4.21 Å². The molecule has 1 aromatic rings. The molecular formula is C11H14ClNOS. The van der Waals surface area contributed by atoms with Gasteiger partial charge in [0.25, 0.3) is 0 Å². The molecule has 82 valence electrons. The van der Waals surface area contributed by atoms with Gasteiger partial charge < -0.3 is 0 Å². The van der Waals surface area contributed by atoms with Crippen LogP contribution in [0.3, 0.4) is 0 Å². The maximum absolute atomic E-state index is 10.9. The highest BCUT2D eigenvalue weighted by Gasteiger charge is 2.04. The predicted octanol–water partition coefficient (Wildman–Crippen LogP) is 2.53. The lowest BCUT2D eigenvalue weighted by molar-refractivity contribution is 0.700. The molecule has 0 fully saturated rings. The topological polar surface area (TPSA) is 30.0 Å². The Kier molecular flexibility index (Phi) is 5.58. The minimum absolute atomic E-state index is 0.543. The number of hydrogen-bond donors (Lipinski definition) is 0. The second kappa shape index (κ2) is 6.75. The van der Waals surface area contributed by atoms with Crippen LogP contribution < -0.4 is 0 Å². The van der Waals surface area contributed by atoms with Crippen molar-refractivity contribution in [1.29, 1.82) is 0 Å². The summed E-state index contributed by atoms with van der Waals surface area (Å²) in [6, 6.07) is 5.73. The lowest BCUT2D eigenvalue weighted by atomic mass is 10.1. The van der Waals surface area contributed by atoms with Gasteiger partial charge in [0.1, 0.15) is 0 Å². The Hall–Kier alpha value is -0.670. The molecule has 1 heterocycles. The third-order valence-corrected chi connectivity index (χ3v) is 2.94. The van der Waals surface area contributed by atoms with Crippen molar-refractivity contribution in [3.63, 3.8) is 0 Å². The Bertz CT molecular complexity index is 375. The van der Waals surface area contributed by atoms with Gasteiger partial charge in [-0.05, 0) is 38.3 Å². The van der Waals surface area contributed by atoms with Crippen molar-refractivity contribution < 1.29 is 4.21 Å². The van der Waals surface area contributed by atoms with E-state index in [-0.39, 0.29) is 0 Å². The van der Waals surface area contributed by atoms with E-state index in [1.807, 2.05) is 25.1 Å². The maximum atomic E-state index is 10.9. The molecule has 0 N–H and O–H groups in total. The third-order valence-electron chi connectivity index (χ3n) is 2.06. The van der Waals surface area contributed by atoms with Crippen molar-refractivity contribution in [2.75, 3.05) is 5.88 Å². The normalized spacial score (nSPS) is 10.0. The van der Waals surface area contributed by atoms with E-state index in [2.05, 4.69) is 4.98 Å². The second-order valence-electron chi connectivity index (χ2n) is 3.32. The van der Waals surface area contributed by atoms with Crippen molar-refractivity contribution >= 4 is 27.7 Å². The maximum Gasteiger partial charge on any atom is 0.0943 e. The van der Waals surface area contributed by atoms with Gasteiger partial charge in [-0.3, -0.25) is 4.98 Å². The molecule has 0 aliphatic heterocycles. The molecule has 15 heavy (non-hydrogen) atoms. The monoisotopic (exact) mass is 243 g/mol. The number of nitrogens with zero attached hydrogens (tertiary/aromatic N) is 1. The lowest BCUT2D eigenvalue weighted by Gasteiger charge is -2.02. The molecule has 1 rings (SSSR count). The first-order valence-electron chi connectivity index (χ1n) is 4.93. The van der Waals surface area contributed by atoms with E-state index < -0.39 is 0 Å². The van der Waals surface area contributed by atoms with Crippen molar-refractivity contribution in [3.8, 4) is 0 Å². The minimum Gasteiger partial charge on any atom is -0.253 e. The fourth-order valence-electron chi connectivity index (χ4n) is 1.29. The molecule has 1 aromatic heterocycles. The largest absolute Gasteiger partial charge is 0.253 e. The average Bonchev–Trinajstić information content (AvgIpc) is 2.24. The fourth-order valence-corrected chi connectivity index (χ4v) is 1.91. The van der Waals surface area contributed by atoms with Crippen LogP contribution in [0.5, 0.6) is 0 Å². The summed E-state index contributed by atoms with van der Waals surface area (Å²) in [5.41, 5.74) is 1.75. The zero-order valence-corrected chi connectivity index (χ0v) is 10.3. The van der Waals surface area contributed by atoms with Crippen LogP contribution in [0.2, 0.25) is 0 Å². The van der Waals surface area contributed by atoms with Crippen LogP contribution in [0, 0.1) is 6.92 Å². The summed E-state index contributed by atoms with van der Waals surface area (Å²) >= 11 is 6.13. The summed E-state index contributed by atoms with van der Waals surface area (Å²) in [5.74, 6) is 0.651. The van der Waals surface area contributed by atoms with Crippen molar-refractivity contribution in [2.45, 2.75) is 26.2 Å². The summed E-state index contributed by atoms with van der Waals surface area (Å²) in [4.78, 5) is 5.14. The molecule has 0 radical (unpaired) electrons. The number of halogens is 1. The molecule has 0 saturated heterocycles. The highest BCUT2D eigenvalue weighted by atomic mass is 35.5. The van der Waals surface area contributed by atoms with Gasteiger partial charge in [-0.2, -0.15) is 0 Å². The number of rotatable bonds is 5. The molecule has 0 amide bonds. The zero-order valence-electron chi connectivity index (χ0n) is 8.70. The van der Waals surface area contributed by atoms with Gasteiger partial charge in [0, 0.05) is 11.6 Å². The fraction of sp³-hybridized carbons (Fsp3) is 0.455. The minimum atomic E-state index is 0.543. The Labute approximate surface area is 98.8 Å². The van der Waals surface area contributed by atoms with Gasteiger partial charge in [-0.1, -0.05) is 6.07 Å². The molecule has 0 bridgehead atoms. The molecule has 4 heteroatoms. The molecule has 0 saturated carbocycles. The van der Waals surface area contributed by atoms with E-state index in [4.69, 9.17) is 11.6 Å². The zero-order chi connectivity index (χ0) is 11.1. The van der Waals surface area contributed by atoms with Gasteiger partial charge >= 0.3 is 0 Å². The van der Waals surface area contributed by atoms with E-state index in [1.165, 1.54) is 0 Å². The van der Waals surface area contributed by atoms with E-state index >= 15 is 0 Å². The van der Waals surface area contributed by atoms with Crippen LogP contribution in [-0.2, 0) is 11.3 Å².